The van der Waals surface area contributed by atoms with Crippen LogP contribution in [0.25, 0.3) is 0 Å². The lowest BCUT2D eigenvalue weighted by Gasteiger charge is -2.43. The Labute approximate surface area is 113 Å². The second-order valence-electron chi connectivity index (χ2n) is 5.36. The zero-order valence-electron chi connectivity index (χ0n) is 11.3. The number of aliphatic carboxylic acids is 1. The van der Waals surface area contributed by atoms with Gasteiger partial charge in [0, 0.05) is 25.2 Å². The first-order chi connectivity index (χ1) is 8.94. The number of benzene rings is 1. The SMILES string of the molecule is CN(C)c1ccc(C2(CC(N)C(=O)O)COC2)cc1. The highest BCUT2D eigenvalue weighted by atomic mass is 16.5. The standard InChI is InChI=1S/C14H20N2O3/c1-16(2)11-5-3-10(4-6-11)14(8-19-9-14)7-12(15)13(17)18/h3-6,12H,7-9,15H2,1-2H3,(H,17,18). The number of hydrogen-bond acceptors (Lipinski definition) is 4. The van der Waals surface area contributed by atoms with Crippen LogP contribution in [-0.2, 0) is 14.9 Å². The van der Waals surface area contributed by atoms with Crippen molar-refractivity contribution in [2.75, 3.05) is 32.2 Å². The van der Waals surface area contributed by atoms with Crippen LogP contribution in [0.2, 0.25) is 0 Å². The number of carboxylic acid groups (broad SMARTS) is 1. The molecule has 19 heavy (non-hydrogen) atoms. The molecule has 0 saturated carbocycles. The maximum Gasteiger partial charge on any atom is 0.320 e. The van der Waals surface area contributed by atoms with Gasteiger partial charge in [-0.2, -0.15) is 0 Å². The van der Waals surface area contributed by atoms with Crippen LogP contribution in [0.5, 0.6) is 0 Å². The number of carbonyl (C=O) groups is 1. The Balaban J connectivity index is 2.19. The summed E-state index contributed by atoms with van der Waals surface area (Å²) in [5, 5.41) is 8.96. The minimum atomic E-state index is -0.962. The number of hydrogen-bond donors (Lipinski definition) is 2. The molecule has 1 heterocycles. The third-order valence-corrected chi connectivity index (χ3v) is 3.68. The normalized spacial score (nSPS) is 18.5. The summed E-state index contributed by atoms with van der Waals surface area (Å²) in [6.07, 6.45) is 0.406. The highest BCUT2D eigenvalue weighted by Crippen LogP contribution is 2.37. The van der Waals surface area contributed by atoms with E-state index in [1.165, 1.54) is 0 Å². The quantitative estimate of drug-likeness (QED) is 0.823. The molecule has 1 saturated heterocycles. The molecule has 1 aliphatic heterocycles. The summed E-state index contributed by atoms with van der Waals surface area (Å²) >= 11 is 0. The molecule has 1 aromatic carbocycles. The second kappa shape index (κ2) is 5.19. The Morgan fingerprint density at radius 1 is 1.42 bits per heavy atom. The van der Waals surface area contributed by atoms with E-state index in [1.54, 1.807) is 0 Å². The predicted octanol–water partition coefficient (Wildman–Crippen LogP) is 0.823. The molecule has 0 radical (unpaired) electrons. The highest BCUT2D eigenvalue weighted by molar-refractivity contribution is 5.73. The fourth-order valence-electron chi connectivity index (χ4n) is 2.37. The van der Waals surface area contributed by atoms with Crippen molar-refractivity contribution in [3.05, 3.63) is 29.8 Å². The molecule has 1 unspecified atom stereocenters. The van der Waals surface area contributed by atoms with Crippen LogP contribution >= 0.6 is 0 Å². The molecule has 0 aliphatic carbocycles. The summed E-state index contributed by atoms with van der Waals surface area (Å²) in [6, 6.07) is 7.28. The zero-order chi connectivity index (χ0) is 14.0. The average molecular weight is 264 g/mol. The lowest BCUT2D eigenvalue weighted by atomic mass is 9.74. The van der Waals surface area contributed by atoms with Gasteiger partial charge in [0.25, 0.3) is 0 Å². The smallest absolute Gasteiger partial charge is 0.320 e. The zero-order valence-corrected chi connectivity index (χ0v) is 11.3. The third-order valence-electron chi connectivity index (χ3n) is 3.68. The maximum absolute atomic E-state index is 10.9. The molecular weight excluding hydrogens is 244 g/mol. The average Bonchev–Trinajstić information content (AvgIpc) is 2.33. The Kier molecular flexibility index (Phi) is 3.78. The van der Waals surface area contributed by atoms with Gasteiger partial charge in [0.1, 0.15) is 6.04 Å². The van der Waals surface area contributed by atoms with Crippen LogP contribution in [-0.4, -0.2) is 44.4 Å². The number of rotatable bonds is 5. The van der Waals surface area contributed by atoms with E-state index in [1.807, 2.05) is 43.3 Å². The summed E-state index contributed by atoms with van der Waals surface area (Å²) in [5.41, 5.74) is 7.63. The van der Waals surface area contributed by atoms with Gasteiger partial charge in [-0.3, -0.25) is 4.79 Å². The maximum atomic E-state index is 10.9. The van der Waals surface area contributed by atoms with Crippen molar-refractivity contribution in [1.29, 1.82) is 0 Å². The molecule has 0 bridgehead atoms. The Bertz CT molecular complexity index is 452. The Morgan fingerprint density at radius 2 is 2.00 bits per heavy atom. The summed E-state index contributed by atoms with van der Waals surface area (Å²) in [6.45, 7) is 1.07. The van der Waals surface area contributed by atoms with Gasteiger partial charge in [0.2, 0.25) is 0 Å². The summed E-state index contributed by atoms with van der Waals surface area (Å²) in [7, 11) is 3.97. The van der Waals surface area contributed by atoms with Gasteiger partial charge >= 0.3 is 5.97 Å². The topological polar surface area (TPSA) is 75.8 Å². The van der Waals surface area contributed by atoms with Gasteiger partial charge in [-0.15, -0.1) is 0 Å². The van der Waals surface area contributed by atoms with Crippen molar-refractivity contribution in [2.45, 2.75) is 17.9 Å². The first-order valence-electron chi connectivity index (χ1n) is 6.29. The molecule has 1 aliphatic rings. The molecule has 0 amide bonds. The fourth-order valence-corrected chi connectivity index (χ4v) is 2.37. The molecular formula is C14H20N2O3. The molecule has 3 N–H and O–H groups in total. The Hall–Kier alpha value is -1.59. The van der Waals surface area contributed by atoms with Gasteiger partial charge in [-0.25, -0.2) is 0 Å². The van der Waals surface area contributed by atoms with Crippen LogP contribution < -0.4 is 10.6 Å². The fraction of sp³-hybridized carbons (Fsp3) is 0.500. The van der Waals surface area contributed by atoms with Crippen molar-refractivity contribution >= 4 is 11.7 Å². The number of nitrogens with two attached hydrogens (primary N) is 1. The van der Waals surface area contributed by atoms with Crippen LogP contribution in [0.3, 0.4) is 0 Å². The molecule has 1 aromatic rings. The van der Waals surface area contributed by atoms with Crippen molar-refractivity contribution in [3.8, 4) is 0 Å². The van der Waals surface area contributed by atoms with Gasteiger partial charge in [-0.05, 0) is 24.1 Å². The van der Waals surface area contributed by atoms with Crippen molar-refractivity contribution in [1.82, 2.24) is 0 Å². The van der Waals surface area contributed by atoms with Gasteiger partial charge in [0.15, 0.2) is 0 Å². The van der Waals surface area contributed by atoms with E-state index in [0.717, 1.165) is 11.3 Å². The molecule has 1 atom stereocenters. The van der Waals surface area contributed by atoms with Crippen LogP contribution in [0.1, 0.15) is 12.0 Å². The first kappa shape index (κ1) is 13.8. The highest BCUT2D eigenvalue weighted by Gasteiger charge is 2.42. The number of carboxylic acids is 1. The largest absolute Gasteiger partial charge is 0.480 e. The number of ether oxygens (including phenoxy) is 1. The van der Waals surface area contributed by atoms with E-state index < -0.39 is 12.0 Å². The molecule has 0 aromatic heterocycles. The van der Waals surface area contributed by atoms with E-state index >= 15 is 0 Å². The minimum Gasteiger partial charge on any atom is -0.480 e. The first-order valence-corrected chi connectivity index (χ1v) is 6.29. The number of nitrogens with zero attached hydrogens (tertiary/aromatic N) is 1. The lowest BCUT2D eigenvalue weighted by Crippen LogP contribution is -2.51. The summed E-state index contributed by atoms with van der Waals surface area (Å²) < 4.78 is 5.29. The van der Waals surface area contributed by atoms with E-state index in [4.69, 9.17) is 15.6 Å². The van der Waals surface area contributed by atoms with Gasteiger partial charge in [0.05, 0.1) is 13.2 Å². The summed E-state index contributed by atoms with van der Waals surface area (Å²) in [4.78, 5) is 12.9. The van der Waals surface area contributed by atoms with Crippen molar-refractivity contribution < 1.29 is 14.6 Å². The van der Waals surface area contributed by atoms with Crippen LogP contribution in [0.4, 0.5) is 5.69 Å². The number of anilines is 1. The predicted molar refractivity (Wildman–Crippen MR) is 73.5 cm³/mol. The molecule has 5 nitrogen and oxygen atoms in total. The molecule has 2 rings (SSSR count). The van der Waals surface area contributed by atoms with E-state index in [0.29, 0.717) is 19.6 Å². The van der Waals surface area contributed by atoms with Crippen LogP contribution in [0, 0.1) is 0 Å². The monoisotopic (exact) mass is 264 g/mol. The van der Waals surface area contributed by atoms with Crippen LogP contribution in [0.15, 0.2) is 24.3 Å². The molecule has 104 valence electrons. The van der Waals surface area contributed by atoms with E-state index in [9.17, 15) is 4.79 Å². The molecule has 1 fully saturated rings. The molecule has 5 heteroatoms. The van der Waals surface area contributed by atoms with E-state index in [2.05, 4.69) is 0 Å². The van der Waals surface area contributed by atoms with Gasteiger partial charge < -0.3 is 20.5 Å². The minimum absolute atomic E-state index is 0.247. The summed E-state index contributed by atoms with van der Waals surface area (Å²) in [5.74, 6) is -0.962. The van der Waals surface area contributed by atoms with Crippen molar-refractivity contribution in [3.63, 3.8) is 0 Å². The van der Waals surface area contributed by atoms with Gasteiger partial charge in [-0.1, -0.05) is 12.1 Å². The molecule has 0 spiro atoms. The van der Waals surface area contributed by atoms with Crippen molar-refractivity contribution in [2.24, 2.45) is 5.73 Å². The third kappa shape index (κ3) is 2.72. The lowest BCUT2D eigenvalue weighted by molar-refractivity contribution is -0.141. The second-order valence-corrected chi connectivity index (χ2v) is 5.36. The van der Waals surface area contributed by atoms with E-state index in [-0.39, 0.29) is 5.41 Å². The Morgan fingerprint density at radius 3 is 2.37 bits per heavy atom.